The quantitative estimate of drug-likeness (QED) is 0.760. The smallest absolute Gasteiger partial charge is 0.254 e. The molecule has 7 heteroatoms. The van der Waals surface area contributed by atoms with Gasteiger partial charge in [0.05, 0.1) is 11.8 Å². The molecular weight excluding hydrogens is 273 g/mol. The zero-order valence-electron chi connectivity index (χ0n) is 12.0. The Bertz CT molecular complexity index is 626. The Balaban J connectivity index is 2.07. The molecule has 0 spiro atoms. The minimum atomic E-state index is -0.632. The molecule has 0 aliphatic rings. The van der Waals surface area contributed by atoms with E-state index in [-0.39, 0.29) is 11.4 Å². The van der Waals surface area contributed by atoms with E-state index in [2.05, 4.69) is 25.8 Å². The third kappa shape index (κ3) is 3.56. The summed E-state index contributed by atoms with van der Waals surface area (Å²) in [6.07, 6.45) is 3.89. The molecule has 0 fully saturated rings. The van der Waals surface area contributed by atoms with Gasteiger partial charge in [0.2, 0.25) is 0 Å². The number of carbonyl (C=O) groups excluding carboxylic acids is 1. The molecule has 3 N–H and O–H groups in total. The number of aryl methyl sites for hydroxylation is 1. The van der Waals surface area contributed by atoms with Crippen LogP contribution in [0.15, 0.2) is 18.5 Å². The van der Waals surface area contributed by atoms with Crippen molar-refractivity contribution in [2.45, 2.75) is 26.8 Å². The van der Waals surface area contributed by atoms with E-state index >= 15 is 0 Å². The summed E-state index contributed by atoms with van der Waals surface area (Å²) in [5.41, 5.74) is 1.71. The van der Waals surface area contributed by atoms with Crippen LogP contribution in [0.25, 0.3) is 0 Å². The van der Waals surface area contributed by atoms with Crippen LogP contribution in [0, 0.1) is 12.7 Å². The lowest BCUT2D eigenvalue weighted by molar-refractivity contribution is 0.0947. The van der Waals surface area contributed by atoms with Gasteiger partial charge in [0.15, 0.2) is 11.6 Å². The highest BCUT2D eigenvalue weighted by Crippen LogP contribution is 2.15. The molecule has 0 unspecified atom stereocenters. The SMILES string of the molecule is CCCNc1nccc(C(=O)NCc2cn[nH]c2C)c1F. The van der Waals surface area contributed by atoms with Crippen molar-refractivity contribution in [3.8, 4) is 0 Å². The maximum absolute atomic E-state index is 14.2. The lowest BCUT2D eigenvalue weighted by atomic mass is 10.2. The van der Waals surface area contributed by atoms with Crippen LogP contribution in [-0.2, 0) is 6.54 Å². The topological polar surface area (TPSA) is 82.7 Å². The number of pyridine rings is 1. The predicted octanol–water partition coefficient (Wildman–Crippen LogP) is 2.00. The van der Waals surface area contributed by atoms with Gasteiger partial charge in [-0.3, -0.25) is 9.89 Å². The molecule has 6 nitrogen and oxygen atoms in total. The summed E-state index contributed by atoms with van der Waals surface area (Å²) in [4.78, 5) is 16.0. The summed E-state index contributed by atoms with van der Waals surface area (Å²) in [5, 5.41) is 12.2. The van der Waals surface area contributed by atoms with Crippen LogP contribution in [0.1, 0.15) is 35.0 Å². The first-order valence-corrected chi connectivity index (χ1v) is 6.79. The Morgan fingerprint density at radius 3 is 2.95 bits per heavy atom. The van der Waals surface area contributed by atoms with Crippen LogP contribution >= 0.6 is 0 Å². The first-order valence-electron chi connectivity index (χ1n) is 6.79. The van der Waals surface area contributed by atoms with Crippen molar-refractivity contribution in [3.63, 3.8) is 0 Å². The summed E-state index contributed by atoms with van der Waals surface area (Å²) in [6, 6.07) is 1.37. The van der Waals surface area contributed by atoms with Gasteiger partial charge in [-0.05, 0) is 19.4 Å². The second-order valence-electron chi connectivity index (χ2n) is 4.65. The van der Waals surface area contributed by atoms with Gasteiger partial charge in [-0.1, -0.05) is 6.92 Å². The van der Waals surface area contributed by atoms with Crippen LogP contribution < -0.4 is 10.6 Å². The molecule has 2 rings (SSSR count). The minimum absolute atomic E-state index is 0.0234. The maximum Gasteiger partial charge on any atom is 0.254 e. The number of anilines is 1. The second-order valence-corrected chi connectivity index (χ2v) is 4.65. The maximum atomic E-state index is 14.2. The normalized spacial score (nSPS) is 10.4. The van der Waals surface area contributed by atoms with E-state index in [1.807, 2.05) is 13.8 Å². The Kier molecular flexibility index (Phi) is 4.86. The Labute approximate surface area is 122 Å². The van der Waals surface area contributed by atoms with Gasteiger partial charge in [0.1, 0.15) is 0 Å². The van der Waals surface area contributed by atoms with E-state index in [1.165, 1.54) is 12.3 Å². The lowest BCUT2D eigenvalue weighted by Crippen LogP contribution is -2.24. The fourth-order valence-electron chi connectivity index (χ4n) is 1.81. The molecule has 0 bridgehead atoms. The summed E-state index contributed by atoms with van der Waals surface area (Å²) in [6.45, 7) is 4.72. The highest BCUT2D eigenvalue weighted by atomic mass is 19.1. The average molecular weight is 291 g/mol. The van der Waals surface area contributed by atoms with E-state index in [4.69, 9.17) is 0 Å². The molecule has 0 radical (unpaired) electrons. The molecule has 0 atom stereocenters. The van der Waals surface area contributed by atoms with Crippen molar-refractivity contribution in [1.82, 2.24) is 20.5 Å². The lowest BCUT2D eigenvalue weighted by Gasteiger charge is -2.09. The van der Waals surface area contributed by atoms with Gasteiger partial charge in [0, 0.05) is 30.5 Å². The number of carbonyl (C=O) groups is 1. The van der Waals surface area contributed by atoms with Crippen molar-refractivity contribution < 1.29 is 9.18 Å². The zero-order chi connectivity index (χ0) is 15.2. The molecule has 0 aliphatic heterocycles. The Morgan fingerprint density at radius 1 is 1.48 bits per heavy atom. The summed E-state index contributed by atoms with van der Waals surface area (Å²) in [5.74, 6) is -1.01. The fourth-order valence-corrected chi connectivity index (χ4v) is 1.81. The molecule has 2 heterocycles. The number of aromatic amines is 1. The molecule has 0 aliphatic carbocycles. The van der Waals surface area contributed by atoms with Crippen molar-refractivity contribution in [3.05, 3.63) is 41.1 Å². The summed E-state index contributed by atoms with van der Waals surface area (Å²) >= 11 is 0. The molecule has 112 valence electrons. The zero-order valence-corrected chi connectivity index (χ0v) is 12.0. The molecule has 0 saturated heterocycles. The monoisotopic (exact) mass is 291 g/mol. The van der Waals surface area contributed by atoms with Crippen molar-refractivity contribution in [1.29, 1.82) is 0 Å². The van der Waals surface area contributed by atoms with Crippen LogP contribution in [-0.4, -0.2) is 27.6 Å². The average Bonchev–Trinajstić information content (AvgIpc) is 2.89. The number of nitrogens with one attached hydrogen (secondary N) is 3. The molecule has 1 amide bonds. The highest BCUT2D eigenvalue weighted by molar-refractivity contribution is 5.95. The predicted molar refractivity (Wildman–Crippen MR) is 77.5 cm³/mol. The van der Waals surface area contributed by atoms with Gasteiger partial charge < -0.3 is 10.6 Å². The van der Waals surface area contributed by atoms with Crippen LogP contribution in [0.4, 0.5) is 10.2 Å². The highest BCUT2D eigenvalue weighted by Gasteiger charge is 2.16. The molecule has 2 aromatic heterocycles. The van der Waals surface area contributed by atoms with E-state index in [0.717, 1.165) is 17.7 Å². The number of aromatic nitrogens is 3. The summed E-state index contributed by atoms with van der Waals surface area (Å²) in [7, 11) is 0. The third-order valence-electron chi connectivity index (χ3n) is 3.05. The number of amides is 1. The van der Waals surface area contributed by atoms with Crippen LogP contribution in [0.5, 0.6) is 0 Å². The van der Waals surface area contributed by atoms with Crippen LogP contribution in [0.2, 0.25) is 0 Å². The van der Waals surface area contributed by atoms with Gasteiger partial charge in [-0.25, -0.2) is 9.37 Å². The molecule has 0 saturated carbocycles. The number of rotatable bonds is 6. The second kappa shape index (κ2) is 6.83. The van der Waals surface area contributed by atoms with E-state index in [1.54, 1.807) is 6.20 Å². The first-order chi connectivity index (χ1) is 10.1. The van der Waals surface area contributed by atoms with Crippen molar-refractivity contribution in [2.75, 3.05) is 11.9 Å². The summed E-state index contributed by atoms with van der Waals surface area (Å²) < 4.78 is 14.2. The van der Waals surface area contributed by atoms with Gasteiger partial charge in [-0.2, -0.15) is 5.10 Å². The van der Waals surface area contributed by atoms with Crippen LogP contribution in [0.3, 0.4) is 0 Å². The van der Waals surface area contributed by atoms with Gasteiger partial charge in [0.25, 0.3) is 5.91 Å². The van der Waals surface area contributed by atoms with E-state index in [9.17, 15) is 9.18 Å². The number of hydrogen-bond donors (Lipinski definition) is 3. The van der Waals surface area contributed by atoms with Crippen molar-refractivity contribution in [2.24, 2.45) is 0 Å². The molecule has 21 heavy (non-hydrogen) atoms. The Morgan fingerprint density at radius 2 is 2.29 bits per heavy atom. The number of H-pyrrole nitrogens is 1. The van der Waals surface area contributed by atoms with Gasteiger partial charge >= 0.3 is 0 Å². The Hall–Kier alpha value is -2.44. The first kappa shape index (κ1) is 15.0. The van der Waals surface area contributed by atoms with E-state index in [0.29, 0.717) is 13.1 Å². The van der Waals surface area contributed by atoms with Gasteiger partial charge in [-0.15, -0.1) is 0 Å². The minimum Gasteiger partial charge on any atom is -0.368 e. The standard InChI is InChI=1S/C14H18FN5O/c1-3-5-16-13-12(15)11(4-6-17-13)14(21)18-7-10-8-19-20-9(10)2/h4,6,8H,3,5,7H2,1-2H3,(H,16,17)(H,18,21)(H,19,20). The fraction of sp³-hybridized carbons (Fsp3) is 0.357. The molecule has 2 aromatic rings. The van der Waals surface area contributed by atoms with Crippen molar-refractivity contribution >= 4 is 11.7 Å². The molecular formula is C14H18FN5O. The number of nitrogens with zero attached hydrogens (tertiary/aromatic N) is 2. The largest absolute Gasteiger partial charge is 0.368 e. The molecule has 0 aromatic carbocycles. The third-order valence-corrected chi connectivity index (χ3v) is 3.05. The number of halogens is 1. The number of hydrogen-bond acceptors (Lipinski definition) is 4. The van der Waals surface area contributed by atoms with E-state index < -0.39 is 11.7 Å².